The van der Waals surface area contributed by atoms with Gasteiger partial charge in [0.15, 0.2) is 0 Å². The Morgan fingerprint density at radius 2 is 1.75 bits per heavy atom. The third-order valence-corrected chi connectivity index (χ3v) is 4.98. The van der Waals surface area contributed by atoms with Crippen LogP contribution in [-0.2, 0) is 6.54 Å². The van der Waals surface area contributed by atoms with Crippen molar-refractivity contribution in [3.8, 4) is 0 Å². The van der Waals surface area contributed by atoms with E-state index in [1.54, 1.807) is 0 Å². The van der Waals surface area contributed by atoms with E-state index in [4.69, 9.17) is 5.73 Å². The number of hydrogen-bond donors (Lipinski definition) is 2. The van der Waals surface area contributed by atoms with Crippen LogP contribution in [0.4, 0.5) is 0 Å². The first-order chi connectivity index (χ1) is 9.69. The number of unbranched alkanes of at least 4 members (excludes halogenated alkanes) is 1. The smallest absolute Gasteiger partial charge is 0.105 e. The lowest BCUT2D eigenvalue weighted by molar-refractivity contribution is -0.984. The van der Waals surface area contributed by atoms with Crippen LogP contribution in [0.1, 0.15) is 32.3 Å². The Kier molecular flexibility index (Phi) is 5.58. The van der Waals surface area contributed by atoms with Crippen LogP contribution < -0.4 is 11.1 Å². The van der Waals surface area contributed by atoms with Crippen LogP contribution >= 0.6 is 0 Å². The molecule has 3 N–H and O–H groups in total. The van der Waals surface area contributed by atoms with Gasteiger partial charge in [-0.3, -0.25) is 0 Å². The molecule has 3 heteroatoms. The summed E-state index contributed by atoms with van der Waals surface area (Å²) in [5.41, 5.74) is 7.15. The van der Waals surface area contributed by atoms with E-state index in [-0.39, 0.29) is 0 Å². The van der Waals surface area contributed by atoms with Gasteiger partial charge in [0.2, 0.25) is 0 Å². The predicted octanol–water partition coefficient (Wildman–Crippen LogP) is 2.12. The lowest BCUT2D eigenvalue weighted by Crippen LogP contribution is -2.68. The number of quaternary nitrogens is 1. The summed E-state index contributed by atoms with van der Waals surface area (Å²) in [5, 5.41) is 3.57. The lowest BCUT2D eigenvalue weighted by Gasteiger charge is -2.51. The molecule has 1 heterocycles. The molecule has 1 aromatic carbocycles. The van der Waals surface area contributed by atoms with E-state index in [9.17, 15) is 0 Å². The molecule has 1 aliphatic heterocycles. The van der Waals surface area contributed by atoms with E-state index in [0.717, 1.165) is 32.6 Å². The van der Waals surface area contributed by atoms with E-state index in [1.807, 2.05) is 0 Å². The molecule has 2 rings (SSSR count). The van der Waals surface area contributed by atoms with Crippen LogP contribution in [0.2, 0.25) is 0 Å². The fourth-order valence-electron chi connectivity index (χ4n) is 3.60. The van der Waals surface area contributed by atoms with Gasteiger partial charge in [0, 0.05) is 18.7 Å². The zero-order valence-electron chi connectivity index (χ0n) is 13.0. The summed E-state index contributed by atoms with van der Waals surface area (Å²) < 4.78 is 1.21. The van der Waals surface area contributed by atoms with Gasteiger partial charge < -0.3 is 15.5 Å². The second-order valence-electron chi connectivity index (χ2n) is 6.32. The summed E-state index contributed by atoms with van der Waals surface area (Å²) in [7, 11) is 0. The Balaban J connectivity index is 2.18. The van der Waals surface area contributed by atoms with Crippen LogP contribution in [0.25, 0.3) is 0 Å². The van der Waals surface area contributed by atoms with Crippen molar-refractivity contribution < 1.29 is 4.48 Å². The average molecular weight is 276 g/mol. The van der Waals surface area contributed by atoms with Crippen molar-refractivity contribution in [1.82, 2.24) is 5.32 Å². The number of nitrogens with two attached hydrogens (primary N) is 1. The molecule has 1 fully saturated rings. The molecule has 0 amide bonds. The molecular formula is C17H30N3+. The highest BCUT2D eigenvalue weighted by molar-refractivity contribution is 5.13. The third-order valence-electron chi connectivity index (χ3n) is 4.98. The monoisotopic (exact) mass is 276 g/mol. The average Bonchev–Trinajstić information content (AvgIpc) is 2.46. The maximum atomic E-state index is 5.69. The molecule has 0 radical (unpaired) electrons. The Labute approximate surface area is 123 Å². The molecule has 0 aliphatic carbocycles. The minimum atomic E-state index is 0.664. The summed E-state index contributed by atoms with van der Waals surface area (Å²) in [6.07, 6.45) is 2.37. The normalized spacial score (nSPS) is 30.4. The second kappa shape index (κ2) is 7.21. The number of nitrogens with zero attached hydrogens (tertiary/aromatic N) is 1. The molecule has 0 bridgehead atoms. The van der Waals surface area contributed by atoms with Crippen molar-refractivity contribution in [1.29, 1.82) is 0 Å². The Hall–Kier alpha value is -0.900. The van der Waals surface area contributed by atoms with Crippen molar-refractivity contribution in [3.63, 3.8) is 0 Å². The second-order valence-corrected chi connectivity index (χ2v) is 6.32. The predicted molar refractivity (Wildman–Crippen MR) is 85.4 cm³/mol. The highest BCUT2D eigenvalue weighted by atomic mass is 15.4. The molecular weight excluding hydrogens is 246 g/mol. The highest BCUT2D eigenvalue weighted by Crippen LogP contribution is 2.27. The molecule has 0 spiro atoms. The number of benzene rings is 1. The summed E-state index contributed by atoms with van der Waals surface area (Å²) in [4.78, 5) is 0. The summed E-state index contributed by atoms with van der Waals surface area (Å²) in [6.45, 7) is 10.2. The Morgan fingerprint density at radius 1 is 1.10 bits per heavy atom. The quantitative estimate of drug-likeness (QED) is 0.617. The molecule has 0 saturated carbocycles. The molecule has 1 aliphatic rings. The van der Waals surface area contributed by atoms with Gasteiger partial charge in [-0.15, -0.1) is 0 Å². The van der Waals surface area contributed by atoms with Gasteiger partial charge in [0.05, 0.1) is 18.6 Å². The molecule has 2 atom stereocenters. The highest BCUT2D eigenvalue weighted by Gasteiger charge is 2.41. The maximum Gasteiger partial charge on any atom is 0.105 e. The topological polar surface area (TPSA) is 38.0 Å². The third kappa shape index (κ3) is 3.40. The van der Waals surface area contributed by atoms with Gasteiger partial charge in [0.1, 0.15) is 6.54 Å². The van der Waals surface area contributed by atoms with Crippen molar-refractivity contribution >= 4 is 0 Å². The molecule has 2 unspecified atom stereocenters. The van der Waals surface area contributed by atoms with Gasteiger partial charge in [-0.25, -0.2) is 0 Å². The van der Waals surface area contributed by atoms with Crippen LogP contribution in [0, 0.1) is 0 Å². The molecule has 20 heavy (non-hydrogen) atoms. The van der Waals surface area contributed by atoms with Crippen molar-refractivity contribution in [2.45, 2.75) is 45.3 Å². The maximum absolute atomic E-state index is 5.69. The van der Waals surface area contributed by atoms with E-state index in [2.05, 4.69) is 49.5 Å². The SMILES string of the molecule is CC1CNCC(C)[N+]1(CCCCN)Cc1ccccc1. The van der Waals surface area contributed by atoms with Crippen LogP contribution in [0.15, 0.2) is 30.3 Å². The summed E-state index contributed by atoms with van der Waals surface area (Å²) in [5.74, 6) is 0. The minimum absolute atomic E-state index is 0.664. The fourth-order valence-corrected chi connectivity index (χ4v) is 3.60. The number of hydrogen-bond acceptors (Lipinski definition) is 2. The number of nitrogens with one attached hydrogen (secondary N) is 1. The molecule has 0 aromatic heterocycles. The van der Waals surface area contributed by atoms with Crippen molar-refractivity contribution in [2.24, 2.45) is 5.73 Å². The number of rotatable bonds is 6. The molecule has 112 valence electrons. The first-order valence-electron chi connectivity index (χ1n) is 8.00. The van der Waals surface area contributed by atoms with E-state index < -0.39 is 0 Å². The summed E-state index contributed by atoms with van der Waals surface area (Å²) in [6, 6.07) is 12.3. The first-order valence-corrected chi connectivity index (χ1v) is 8.00. The van der Waals surface area contributed by atoms with E-state index in [1.165, 1.54) is 23.0 Å². The van der Waals surface area contributed by atoms with E-state index >= 15 is 0 Å². The van der Waals surface area contributed by atoms with Crippen LogP contribution in [-0.4, -0.2) is 42.7 Å². The van der Waals surface area contributed by atoms with Gasteiger partial charge in [-0.1, -0.05) is 30.3 Å². The Morgan fingerprint density at radius 3 is 2.35 bits per heavy atom. The van der Waals surface area contributed by atoms with Gasteiger partial charge in [0.25, 0.3) is 0 Å². The van der Waals surface area contributed by atoms with Crippen LogP contribution in [0.3, 0.4) is 0 Å². The lowest BCUT2D eigenvalue weighted by atomic mass is 10.00. The van der Waals surface area contributed by atoms with Gasteiger partial charge in [-0.05, 0) is 33.2 Å². The number of piperazine rings is 1. The fraction of sp³-hybridized carbons (Fsp3) is 0.647. The first kappa shape index (κ1) is 15.5. The minimum Gasteiger partial charge on any atom is -0.330 e. The van der Waals surface area contributed by atoms with Gasteiger partial charge >= 0.3 is 0 Å². The van der Waals surface area contributed by atoms with Crippen molar-refractivity contribution in [2.75, 3.05) is 26.2 Å². The van der Waals surface area contributed by atoms with Crippen molar-refractivity contribution in [3.05, 3.63) is 35.9 Å². The molecule has 1 saturated heterocycles. The Bertz CT molecular complexity index is 380. The zero-order chi connectivity index (χ0) is 14.4. The van der Waals surface area contributed by atoms with Crippen LogP contribution in [0.5, 0.6) is 0 Å². The largest absolute Gasteiger partial charge is 0.330 e. The zero-order valence-corrected chi connectivity index (χ0v) is 13.0. The standard InChI is InChI=1S/C17H30N3/c1-15-12-19-13-16(2)20(15,11-7-6-10-18)14-17-8-4-3-5-9-17/h3-5,8-9,15-16,19H,6-7,10-14,18H2,1-2H3/q+1. The molecule has 1 aromatic rings. The van der Waals surface area contributed by atoms with E-state index in [0.29, 0.717) is 12.1 Å². The summed E-state index contributed by atoms with van der Waals surface area (Å²) >= 11 is 0. The van der Waals surface area contributed by atoms with Gasteiger partial charge in [-0.2, -0.15) is 0 Å². The molecule has 3 nitrogen and oxygen atoms in total.